The average molecular weight is 201 g/mol. The smallest absolute Gasteiger partial charge is 0.181 e. The third-order valence-electron chi connectivity index (χ3n) is 2.40. The summed E-state index contributed by atoms with van der Waals surface area (Å²) in [7, 11) is 0. The molecule has 1 unspecified atom stereocenters. The number of nitrogens with zero attached hydrogens (tertiary/aromatic N) is 4. The molecule has 75 valence electrons. The SMILES string of the molecule is c1cnc(-c2cc(C3CC[N]3)on2)nc1. The summed E-state index contributed by atoms with van der Waals surface area (Å²) in [6.45, 7) is 0.919. The van der Waals surface area contributed by atoms with Crippen molar-refractivity contribution < 1.29 is 4.52 Å². The van der Waals surface area contributed by atoms with Crippen molar-refractivity contribution >= 4 is 0 Å². The van der Waals surface area contributed by atoms with E-state index in [1.807, 2.05) is 6.07 Å². The van der Waals surface area contributed by atoms with Crippen LogP contribution in [0.2, 0.25) is 0 Å². The van der Waals surface area contributed by atoms with E-state index in [9.17, 15) is 0 Å². The van der Waals surface area contributed by atoms with Gasteiger partial charge < -0.3 is 4.52 Å². The summed E-state index contributed by atoms with van der Waals surface area (Å²) >= 11 is 0. The van der Waals surface area contributed by atoms with Gasteiger partial charge >= 0.3 is 0 Å². The summed E-state index contributed by atoms with van der Waals surface area (Å²) in [5.74, 6) is 1.40. The van der Waals surface area contributed by atoms with E-state index in [0.29, 0.717) is 11.5 Å². The van der Waals surface area contributed by atoms with Gasteiger partial charge in [0.05, 0.1) is 6.04 Å². The second kappa shape index (κ2) is 3.43. The lowest BCUT2D eigenvalue weighted by molar-refractivity contribution is 0.276. The van der Waals surface area contributed by atoms with Crippen LogP contribution in [-0.4, -0.2) is 21.7 Å². The van der Waals surface area contributed by atoms with Gasteiger partial charge in [0, 0.05) is 25.0 Å². The molecule has 1 radical (unpaired) electrons. The Hall–Kier alpha value is -1.75. The molecule has 0 saturated carbocycles. The predicted molar refractivity (Wildman–Crippen MR) is 51.9 cm³/mol. The Morgan fingerprint density at radius 2 is 2.07 bits per heavy atom. The van der Waals surface area contributed by atoms with E-state index >= 15 is 0 Å². The predicted octanol–water partition coefficient (Wildman–Crippen LogP) is 1.18. The Kier molecular flexibility index (Phi) is 1.96. The number of rotatable bonds is 2. The Balaban J connectivity index is 1.90. The van der Waals surface area contributed by atoms with Gasteiger partial charge in [0.25, 0.3) is 0 Å². The topological polar surface area (TPSA) is 65.9 Å². The molecule has 2 aromatic rings. The Bertz CT molecular complexity index is 449. The first-order valence-electron chi connectivity index (χ1n) is 4.84. The fraction of sp³-hybridized carbons (Fsp3) is 0.300. The van der Waals surface area contributed by atoms with Crippen molar-refractivity contribution in [2.24, 2.45) is 0 Å². The molecule has 0 amide bonds. The van der Waals surface area contributed by atoms with Crippen LogP contribution in [0.5, 0.6) is 0 Å². The molecule has 5 heteroatoms. The second-order valence-electron chi connectivity index (χ2n) is 3.40. The largest absolute Gasteiger partial charge is 0.359 e. The first-order valence-corrected chi connectivity index (χ1v) is 4.84. The number of hydrogen-bond donors (Lipinski definition) is 0. The zero-order valence-corrected chi connectivity index (χ0v) is 8.00. The van der Waals surface area contributed by atoms with Gasteiger partial charge in [0.1, 0.15) is 0 Å². The van der Waals surface area contributed by atoms with Gasteiger partial charge in [-0.25, -0.2) is 15.3 Å². The minimum absolute atomic E-state index is 0.190. The van der Waals surface area contributed by atoms with Crippen LogP contribution in [0.25, 0.3) is 11.5 Å². The summed E-state index contributed by atoms with van der Waals surface area (Å²) in [5, 5.41) is 8.20. The normalized spacial score (nSPS) is 19.9. The van der Waals surface area contributed by atoms with Gasteiger partial charge in [0.15, 0.2) is 17.3 Å². The van der Waals surface area contributed by atoms with Gasteiger partial charge in [-0.15, -0.1) is 0 Å². The lowest BCUT2D eigenvalue weighted by Crippen LogP contribution is -2.27. The quantitative estimate of drug-likeness (QED) is 0.731. The third kappa shape index (κ3) is 1.50. The number of aromatic nitrogens is 3. The van der Waals surface area contributed by atoms with Crippen LogP contribution in [0.15, 0.2) is 29.0 Å². The van der Waals surface area contributed by atoms with Crippen molar-refractivity contribution in [3.05, 3.63) is 30.3 Å². The molecule has 1 aliphatic rings. The van der Waals surface area contributed by atoms with Crippen molar-refractivity contribution in [3.8, 4) is 11.5 Å². The highest BCUT2D eigenvalue weighted by Crippen LogP contribution is 2.27. The summed E-state index contributed by atoms with van der Waals surface area (Å²) in [4.78, 5) is 8.20. The van der Waals surface area contributed by atoms with E-state index in [0.717, 1.165) is 18.7 Å². The highest BCUT2D eigenvalue weighted by atomic mass is 16.5. The molecule has 0 N–H and O–H groups in total. The van der Waals surface area contributed by atoms with Crippen LogP contribution in [-0.2, 0) is 0 Å². The van der Waals surface area contributed by atoms with Crippen LogP contribution in [0.3, 0.4) is 0 Å². The van der Waals surface area contributed by atoms with Crippen molar-refractivity contribution in [3.63, 3.8) is 0 Å². The van der Waals surface area contributed by atoms with Crippen LogP contribution < -0.4 is 5.32 Å². The van der Waals surface area contributed by atoms with Crippen LogP contribution in [0.4, 0.5) is 0 Å². The Morgan fingerprint density at radius 1 is 1.27 bits per heavy atom. The number of hydrogen-bond acceptors (Lipinski definition) is 4. The molecule has 0 bridgehead atoms. The van der Waals surface area contributed by atoms with Crippen molar-refractivity contribution in [2.45, 2.75) is 12.5 Å². The average Bonchev–Trinajstić information content (AvgIpc) is 2.66. The highest BCUT2D eigenvalue weighted by Gasteiger charge is 2.25. The molecule has 0 aromatic carbocycles. The molecule has 0 spiro atoms. The minimum Gasteiger partial charge on any atom is -0.359 e. The summed E-state index contributed by atoms with van der Waals surface area (Å²) < 4.78 is 5.20. The molecule has 0 aliphatic carbocycles. The van der Waals surface area contributed by atoms with E-state index in [1.165, 1.54) is 0 Å². The molecular formula is C10H9N4O. The van der Waals surface area contributed by atoms with E-state index in [4.69, 9.17) is 4.52 Å². The van der Waals surface area contributed by atoms with Crippen LogP contribution >= 0.6 is 0 Å². The summed E-state index contributed by atoms with van der Waals surface area (Å²) in [5.41, 5.74) is 0.674. The first kappa shape index (κ1) is 8.55. The zero-order valence-electron chi connectivity index (χ0n) is 8.00. The van der Waals surface area contributed by atoms with Gasteiger partial charge in [-0.1, -0.05) is 5.16 Å². The fourth-order valence-corrected chi connectivity index (χ4v) is 1.47. The molecule has 1 atom stereocenters. The maximum atomic E-state index is 5.20. The summed E-state index contributed by atoms with van der Waals surface area (Å²) in [6, 6.07) is 3.82. The Labute approximate surface area is 86.5 Å². The molecule has 15 heavy (non-hydrogen) atoms. The van der Waals surface area contributed by atoms with Crippen molar-refractivity contribution in [2.75, 3.05) is 6.54 Å². The third-order valence-corrected chi connectivity index (χ3v) is 2.40. The molecule has 3 rings (SSSR count). The van der Waals surface area contributed by atoms with Gasteiger partial charge in [-0.3, -0.25) is 0 Å². The van der Waals surface area contributed by atoms with Gasteiger partial charge in [0.2, 0.25) is 0 Å². The summed E-state index contributed by atoms with van der Waals surface area (Å²) in [6.07, 6.45) is 4.42. The lowest BCUT2D eigenvalue weighted by Gasteiger charge is -2.21. The van der Waals surface area contributed by atoms with E-state index in [-0.39, 0.29) is 6.04 Å². The highest BCUT2D eigenvalue weighted by molar-refractivity contribution is 5.48. The first-order chi connectivity index (χ1) is 7.43. The molecule has 1 saturated heterocycles. The van der Waals surface area contributed by atoms with Gasteiger partial charge in [-0.05, 0) is 12.5 Å². The maximum Gasteiger partial charge on any atom is 0.181 e. The monoisotopic (exact) mass is 201 g/mol. The fourth-order valence-electron chi connectivity index (χ4n) is 1.47. The van der Waals surface area contributed by atoms with Crippen molar-refractivity contribution in [1.29, 1.82) is 0 Å². The van der Waals surface area contributed by atoms with Crippen LogP contribution in [0.1, 0.15) is 18.2 Å². The van der Waals surface area contributed by atoms with Gasteiger partial charge in [-0.2, -0.15) is 0 Å². The second-order valence-corrected chi connectivity index (χ2v) is 3.40. The lowest BCUT2D eigenvalue weighted by atomic mass is 10.0. The molecule has 5 nitrogen and oxygen atoms in total. The molecule has 1 fully saturated rings. The van der Waals surface area contributed by atoms with Crippen molar-refractivity contribution in [1.82, 2.24) is 20.4 Å². The molecule has 3 heterocycles. The van der Waals surface area contributed by atoms with E-state index in [2.05, 4.69) is 20.4 Å². The Morgan fingerprint density at radius 3 is 2.73 bits per heavy atom. The minimum atomic E-state index is 0.190. The zero-order chi connectivity index (χ0) is 10.1. The van der Waals surface area contributed by atoms with Crippen LogP contribution in [0, 0.1) is 0 Å². The van der Waals surface area contributed by atoms with E-state index in [1.54, 1.807) is 18.5 Å². The van der Waals surface area contributed by atoms with E-state index < -0.39 is 0 Å². The molecule has 1 aliphatic heterocycles. The standard InChI is InChI=1S/C10H9N4O/c1-3-12-10(13-4-1)8-6-9(15-14-8)7-2-5-11-7/h1,3-4,6-7H,2,5H2. The molecular weight excluding hydrogens is 192 g/mol. The molecule has 2 aromatic heterocycles. The maximum absolute atomic E-state index is 5.20.